The zero-order valence-electron chi connectivity index (χ0n) is 12.5. The van der Waals surface area contributed by atoms with Gasteiger partial charge in [-0.05, 0) is 19.3 Å². The minimum absolute atomic E-state index is 0.0295. The van der Waals surface area contributed by atoms with Gasteiger partial charge in [0.15, 0.2) is 0 Å². The highest BCUT2D eigenvalue weighted by molar-refractivity contribution is 8.46. The van der Waals surface area contributed by atoms with Crippen LogP contribution in [0.1, 0.15) is 32.6 Å². The van der Waals surface area contributed by atoms with Gasteiger partial charge in [-0.1, -0.05) is 26.4 Å². The average Bonchev–Trinajstić information content (AvgIpc) is 2.79. The summed E-state index contributed by atoms with van der Waals surface area (Å²) in [5.41, 5.74) is 0. The van der Waals surface area contributed by atoms with Crippen LogP contribution in [0.25, 0.3) is 0 Å². The minimum atomic E-state index is -11.7. The molecule has 0 saturated carbocycles. The van der Waals surface area contributed by atoms with Crippen LogP contribution in [0.2, 0.25) is 0 Å². The maximum atomic E-state index is 13.1. The molecule has 0 saturated heterocycles. The minimum Gasteiger partial charge on any atom is -0.237 e. The predicted molar refractivity (Wildman–Crippen MR) is 69.6 cm³/mol. The first-order chi connectivity index (χ1) is 10.5. The second-order valence-corrected chi connectivity index (χ2v) is 7.85. The van der Waals surface area contributed by atoms with Crippen LogP contribution < -0.4 is 4.57 Å². The van der Waals surface area contributed by atoms with Crippen LogP contribution in [0, 0.1) is 0 Å². The molecule has 0 aliphatic heterocycles. The van der Waals surface area contributed by atoms with Crippen molar-refractivity contribution in [1.29, 1.82) is 0 Å². The van der Waals surface area contributed by atoms with Gasteiger partial charge >= 0.3 is 21.4 Å². The van der Waals surface area contributed by atoms with Crippen LogP contribution in [-0.4, -0.2) is 21.0 Å². The van der Waals surface area contributed by atoms with E-state index in [-0.39, 0.29) is 13.0 Å². The smallest absolute Gasteiger partial charge is 0.237 e. The molecule has 0 unspecified atom stereocenters. The van der Waals surface area contributed by atoms with Crippen molar-refractivity contribution in [3.8, 4) is 0 Å². The van der Waals surface area contributed by atoms with E-state index >= 15 is 0 Å². The van der Waals surface area contributed by atoms with Crippen molar-refractivity contribution < 1.29 is 41.6 Å². The van der Waals surface area contributed by atoms with Gasteiger partial charge in [-0.25, -0.2) is 4.57 Å². The van der Waals surface area contributed by atoms with Crippen LogP contribution >= 0.6 is 10.2 Å². The number of hydrogen-bond donors (Lipinski definition) is 0. The zero-order chi connectivity index (χ0) is 18.9. The maximum absolute atomic E-state index is 13.1. The van der Waals surface area contributed by atoms with Crippen molar-refractivity contribution in [3.63, 3.8) is 0 Å². The van der Waals surface area contributed by atoms with Crippen molar-refractivity contribution in [2.75, 3.05) is 0 Å². The Morgan fingerprint density at radius 1 is 1.04 bits per heavy atom. The second kappa shape index (κ2) is 5.70. The van der Waals surface area contributed by atoms with Gasteiger partial charge < -0.3 is 0 Å². The first-order valence-electron chi connectivity index (χ1n) is 6.91. The summed E-state index contributed by atoms with van der Waals surface area (Å²) in [7, 11) is -11.7. The molecule has 0 fully saturated rings. The van der Waals surface area contributed by atoms with Crippen LogP contribution in [0.3, 0.4) is 0 Å². The third-order valence-electron chi connectivity index (χ3n) is 3.15. The van der Waals surface area contributed by atoms with Crippen molar-refractivity contribution in [2.45, 2.75) is 56.9 Å². The summed E-state index contributed by atoms with van der Waals surface area (Å²) < 4.78 is 115. The molecule has 0 atom stereocenters. The van der Waals surface area contributed by atoms with E-state index in [9.17, 15) is 37.0 Å². The van der Waals surface area contributed by atoms with Gasteiger partial charge in [0.2, 0.25) is 6.33 Å². The van der Waals surface area contributed by atoms with E-state index < -0.39 is 34.2 Å². The molecule has 1 rings (SSSR count). The molecular formula is C11H17F9N3S+. The van der Waals surface area contributed by atoms with Crippen molar-refractivity contribution in [3.05, 3.63) is 12.7 Å². The van der Waals surface area contributed by atoms with E-state index in [0.29, 0.717) is 6.54 Å². The molecule has 0 spiro atoms. The molecule has 13 heteroatoms. The lowest BCUT2D eigenvalue weighted by atomic mass is 10.1. The molecule has 0 bridgehead atoms. The largest absolute Gasteiger partial charge is 0.443 e. The van der Waals surface area contributed by atoms with E-state index in [1.807, 2.05) is 6.92 Å². The van der Waals surface area contributed by atoms with E-state index in [1.165, 1.54) is 21.9 Å². The lowest BCUT2D eigenvalue weighted by molar-refractivity contribution is -0.698. The maximum Gasteiger partial charge on any atom is 0.443 e. The van der Waals surface area contributed by atoms with E-state index in [2.05, 4.69) is 5.10 Å². The Kier molecular flexibility index (Phi) is 4.96. The van der Waals surface area contributed by atoms with Crippen LogP contribution in [0.5, 0.6) is 0 Å². The van der Waals surface area contributed by atoms with Gasteiger partial charge in [0.25, 0.3) is 6.33 Å². The summed E-state index contributed by atoms with van der Waals surface area (Å²) in [6.07, 6.45) is 0.617. The first-order valence-corrected chi connectivity index (χ1v) is 8.86. The van der Waals surface area contributed by atoms with E-state index in [1.54, 1.807) is 0 Å². The molecule has 0 aliphatic rings. The molecule has 0 radical (unpaired) electrons. The molecule has 144 valence electrons. The van der Waals surface area contributed by atoms with E-state index in [0.717, 1.165) is 6.42 Å². The SMILES string of the molecule is CCCn1c[n+](CCCCC(F)(F)C(F)(F)S(F)(F)(F)(F)F)cn1. The Morgan fingerprint density at radius 2 is 1.62 bits per heavy atom. The number of aromatic nitrogens is 3. The highest BCUT2D eigenvalue weighted by Crippen LogP contribution is 3.05. The molecule has 3 nitrogen and oxygen atoms in total. The summed E-state index contributed by atoms with van der Waals surface area (Å²) >= 11 is 0. The second-order valence-electron chi connectivity index (χ2n) is 5.39. The van der Waals surface area contributed by atoms with E-state index in [4.69, 9.17) is 0 Å². The van der Waals surface area contributed by atoms with Crippen molar-refractivity contribution in [2.24, 2.45) is 0 Å². The van der Waals surface area contributed by atoms with Gasteiger partial charge in [0.1, 0.15) is 6.54 Å². The zero-order valence-corrected chi connectivity index (χ0v) is 13.4. The molecular weight excluding hydrogens is 377 g/mol. The normalized spacial score (nSPS) is 16.8. The lowest BCUT2D eigenvalue weighted by Crippen LogP contribution is -2.48. The fraction of sp³-hybridized carbons (Fsp3) is 0.818. The van der Waals surface area contributed by atoms with Gasteiger partial charge in [0, 0.05) is 11.5 Å². The van der Waals surface area contributed by atoms with Crippen molar-refractivity contribution in [1.82, 2.24) is 9.78 Å². The first kappa shape index (κ1) is 20.9. The predicted octanol–water partition coefficient (Wildman–Crippen LogP) is 5.28. The van der Waals surface area contributed by atoms with Gasteiger partial charge in [0.05, 0.1) is 6.54 Å². The summed E-state index contributed by atoms with van der Waals surface area (Å²) in [5, 5.41) is -3.46. The fourth-order valence-electron chi connectivity index (χ4n) is 1.89. The summed E-state index contributed by atoms with van der Waals surface area (Å²) in [5.74, 6) is -5.88. The highest BCUT2D eigenvalue weighted by Gasteiger charge is 2.90. The van der Waals surface area contributed by atoms with Crippen LogP contribution in [-0.2, 0) is 13.1 Å². The summed E-state index contributed by atoms with van der Waals surface area (Å²) in [4.78, 5) is 0. The molecule has 0 amide bonds. The average molecular weight is 394 g/mol. The number of alkyl halides is 4. The number of unbranched alkanes of at least 4 members (excludes halogenated alkanes) is 1. The monoisotopic (exact) mass is 394 g/mol. The lowest BCUT2D eigenvalue weighted by Gasteiger charge is -2.48. The number of halogens is 9. The van der Waals surface area contributed by atoms with Crippen LogP contribution in [0.4, 0.5) is 37.0 Å². The topological polar surface area (TPSA) is 21.7 Å². The van der Waals surface area contributed by atoms with Gasteiger partial charge in [-0.15, -0.1) is 4.68 Å². The molecule has 0 N–H and O–H groups in total. The van der Waals surface area contributed by atoms with Gasteiger partial charge in [-0.2, -0.15) is 17.6 Å². The van der Waals surface area contributed by atoms with Crippen LogP contribution in [0.15, 0.2) is 12.7 Å². The Morgan fingerprint density at radius 3 is 2.12 bits per heavy atom. The van der Waals surface area contributed by atoms with Gasteiger partial charge in [-0.3, -0.25) is 0 Å². The molecule has 1 heterocycles. The fourth-order valence-corrected chi connectivity index (χ4v) is 2.56. The Balaban J connectivity index is 2.62. The Bertz CT molecular complexity index is 566. The van der Waals surface area contributed by atoms with Crippen molar-refractivity contribution >= 4 is 10.2 Å². The highest BCUT2D eigenvalue weighted by atomic mass is 32.5. The molecule has 1 aromatic rings. The summed E-state index contributed by atoms with van der Waals surface area (Å²) in [6, 6.07) is 0. The molecule has 1 aromatic heterocycles. The Hall–Kier alpha value is -1.14. The summed E-state index contributed by atoms with van der Waals surface area (Å²) in [6.45, 7) is 2.50. The third-order valence-corrected chi connectivity index (χ3v) is 4.42. The molecule has 24 heavy (non-hydrogen) atoms. The standard InChI is InChI=1S/C11H17F9N3S/c1-2-6-23-9-22(8-21-23)7-4-3-5-10(12,13)11(14,15)24(16,17,18,19)20/h8-9H,2-7H2,1H3/q+1. The number of aryl methyl sites for hydroxylation is 2. The molecule has 0 aromatic carbocycles. The quantitative estimate of drug-likeness (QED) is 0.317. The molecule has 0 aliphatic carbocycles. The number of rotatable bonds is 9. The number of hydrogen-bond acceptors (Lipinski definition) is 1. The number of nitrogens with zero attached hydrogens (tertiary/aromatic N) is 3. The Labute approximate surface area is 132 Å². The third kappa shape index (κ3) is 4.48.